The maximum Gasteiger partial charge on any atom is 0.106 e. The van der Waals surface area contributed by atoms with Crippen molar-refractivity contribution in [2.24, 2.45) is 23.5 Å². The van der Waals surface area contributed by atoms with E-state index in [-0.39, 0.29) is 6.10 Å². The van der Waals surface area contributed by atoms with Gasteiger partial charge in [0.2, 0.25) is 0 Å². The molecule has 0 aromatic heterocycles. The smallest absolute Gasteiger partial charge is 0.106 e. The van der Waals surface area contributed by atoms with E-state index in [0.717, 1.165) is 6.54 Å². The largest absolute Gasteiger partial charge is 0.393 e. The molecule has 0 radical (unpaired) electrons. The molecular weight excluding hydrogens is 238 g/mol. The molecule has 0 bridgehead atoms. The van der Waals surface area contributed by atoms with Crippen molar-refractivity contribution >= 4 is 6.79 Å². The minimum absolute atomic E-state index is 0.236. The summed E-state index contributed by atoms with van der Waals surface area (Å²) in [6.45, 7) is 15.0. The van der Waals surface area contributed by atoms with Crippen molar-refractivity contribution in [2.75, 3.05) is 6.54 Å². The van der Waals surface area contributed by atoms with Crippen LogP contribution in [0.15, 0.2) is 24.3 Å². The van der Waals surface area contributed by atoms with E-state index in [1.165, 1.54) is 18.4 Å². The Kier molecular flexibility index (Phi) is 13.0. The summed E-state index contributed by atoms with van der Waals surface area (Å²) in [5, 5.41) is 9.44. The van der Waals surface area contributed by atoms with E-state index in [9.17, 15) is 5.11 Å². The maximum absolute atomic E-state index is 9.44. The molecule has 0 aliphatic heterocycles. The number of carbonyl (C=O) groups excluding carboxylic acids is 1. The van der Waals surface area contributed by atoms with Crippen LogP contribution in [0.4, 0.5) is 0 Å². The zero-order valence-corrected chi connectivity index (χ0v) is 12.9. The highest BCUT2D eigenvalue weighted by atomic mass is 16.3. The molecule has 3 N–H and O–H groups in total. The lowest BCUT2D eigenvalue weighted by Gasteiger charge is -2.23. The summed E-state index contributed by atoms with van der Waals surface area (Å²) in [6.07, 6.45) is 6.44. The Balaban J connectivity index is 0. The minimum Gasteiger partial charge on any atom is -0.393 e. The highest BCUT2D eigenvalue weighted by molar-refractivity contribution is 5.17. The van der Waals surface area contributed by atoms with Crippen molar-refractivity contribution in [1.82, 2.24) is 0 Å². The van der Waals surface area contributed by atoms with Crippen LogP contribution in [-0.2, 0) is 4.79 Å². The highest BCUT2D eigenvalue weighted by Crippen LogP contribution is 2.36. The number of aliphatic hydroxyl groups excluding tert-OH is 1. The van der Waals surface area contributed by atoms with Crippen molar-refractivity contribution in [3.8, 4) is 0 Å². The fraction of sp³-hybridized carbons (Fsp3) is 0.688. The van der Waals surface area contributed by atoms with Gasteiger partial charge in [0.15, 0.2) is 0 Å². The van der Waals surface area contributed by atoms with E-state index < -0.39 is 0 Å². The second kappa shape index (κ2) is 12.1. The van der Waals surface area contributed by atoms with Gasteiger partial charge in [-0.2, -0.15) is 0 Å². The van der Waals surface area contributed by atoms with E-state index in [2.05, 4.69) is 39.5 Å². The number of carbonyl (C=O) groups is 1. The van der Waals surface area contributed by atoms with E-state index in [0.29, 0.717) is 17.8 Å². The van der Waals surface area contributed by atoms with Crippen LogP contribution in [0, 0.1) is 17.8 Å². The molecule has 0 amide bonds. The Morgan fingerprint density at radius 3 is 2.11 bits per heavy atom. The Hall–Kier alpha value is -0.930. The predicted molar refractivity (Wildman–Crippen MR) is 82.9 cm³/mol. The fourth-order valence-corrected chi connectivity index (χ4v) is 2.26. The first-order valence-corrected chi connectivity index (χ1v) is 6.96. The van der Waals surface area contributed by atoms with Crippen LogP contribution >= 0.6 is 0 Å². The van der Waals surface area contributed by atoms with Crippen molar-refractivity contribution in [2.45, 2.75) is 46.6 Å². The highest BCUT2D eigenvalue weighted by Gasteiger charge is 2.30. The number of unbranched alkanes of at least 4 members (excludes halogenated alkanes) is 1. The van der Waals surface area contributed by atoms with E-state index in [4.69, 9.17) is 10.5 Å². The van der Waals surface area contributed by atoms with Gasteiger partial charge < -0.3 is 15.6 Å². The molecule has 1 aliphatic rings. The number of allylic oxidation sites excluding steroid dienone is 2. The average Bonchev–Trinajstić information content (AvgIpc) is 2.75. The van der Waals surface area contributed by atoms with Crippen LogP contribution in [0.25, 0.3) is 0 Å². The van der Waals surface area contributed by atoms with Crippen LogP contribution in [0.2, 0.25) is 0 Å². The number of rotatable bonds is 4. The average molecular weight is 269 g/mol. The monoisotopic (exact) mass is 269 g/mol. The van der Waals surface area contributed by atoms with Gasteiger partial charge in [0.1, 0.15) is 6.79 Å². The van der Waals surface area contributed by atoms with E-state index >= 15 is 0 Å². The molecule has 0 aromatic carbocycles. The third-order valence-electron chi connectivity index (χ3n) is 3.40. The van der Waals surface area contributed by atoms with E-state index in [1.54, 1.807) is 0 Å². The summed E-state index contributed by atoms with van der Waals surface area (Å²) in [5.41, 5.74) is 6.34. The molecule has 0 fully saturated rings. The van der Waals surface area contributed by atoms with Gasteiger partial charge in [-0.05, 0) is 32.7 Å². The predicted octanol–water partition coefficient (Wildman–Crippen LogP) is 2.94. The molecule has 3 heteroatoms. The summed E-state index contributed by atoms with van der Waals surface area (Å²) in [5.74, 6) is 1.28. The summed E-state index contributed by atoms with van der Waals surface area (Å²) in [4.78, 5) is 8.00. The molecule has 0 saturated heterocycles. The van der Waals surface area contributed by atoms with Crippen LogP contribution in [-0.4, -0.2) is 24.5 Å². The number of nitrogens with two attached hydrogens (primary N) is 1. The van der Waals surface area contributed by atoms with Gasteiger partial charge in [-0.3, -0.25) is 0 Å². The van der Waals surface area contributed by atoms with Crippen LogP contribution in [0.3, 0.4) is 0 Å². The standard InChI is InChI=1S/C11H18O.C4H11N.CH2O/c1-7(2)10-5-6-11(8(10)3)9(4)12;1-2-3-4-5;1-2/h5-6,8-12H,1H2,2-4H3;2-5H2,1H3;1H2/t8-,9?,10?,11+;;/m0../s1. The lowest BCUT2D eigenvalue weighted by molar-refractivity contribution is -0.0979. The molecule has 1 aliphatic carbocycles. The van der Waals surface area contributed by atoms with Gasteiger partial charge in [0, 0.05) is 11.8 Å². The Morgan fingerprint density at radius 1 is 1.42 bits per heavy atom. The first kappa shape index (κ1) is 20.4. The molecular formula is C16H31NO2. The van der Waals surface area contributed by atoms with Crippen LogP contribution in [0.1, 0.15) is 40.5 Å². The third-order valence-corrected chi connectivity index (χ3v) is 3.40. The maximum atomic E-state index is 9.44. The Bertz CT molecular complexity index is 259. The molecule has 19 heavy (non-hydrogen) atoms. The second-order valence-corrected chi connectivity index (χ2v) is 5.08. The third kappa shape index (κ3) is 7.96. The normalized spacial score (nSPS) is 25.7. The topological polar surface area (TPSA) is 63.3 Å². The number of aliphatic hydroxyl groups is 1. The Morgan fingerprint density at radius 2 is 1.95 bits per heavy atom. The molecule has 2 unspecified atom stereocenters. The zero-order chi connectivity index (χ0) is 15.4. The fourth-order valence-electron chi connectivity index (χ4n) is 2.26. The van der Waals surface area contributed by atoms with Crippen molar-refractivity contribution in [1.29, 1.82) is 0 Å². The zero-order valence-electron chi connectivity index (χ0n) is 12.9. The van der Waals surface area contributed by atoms with Crippen molar-refractivity contribution in [3.63, 3.8) is 0 Å². The molecule has 1 rings (SSSR count). The second-order valence-electron chi connectivity index (χ2n) is 5.08. The van der Waals surface area contributed by atoms with Crippen LogP contribution < -0.4 is 5.73 Å². The minimum atomic E-state index is -0.236. The van der Waals surface area contributed by atoms with Crippen molar-refractivity contribution in [3.05, 3.63) is 24.3 Å². The van der Waals surface area contributed by atoms with Crippen LogP contribution in [0.5, 0.6) is 0 Å². The van der Waals surface area contributed by atoms with Gasteiger partial charge >= 0.3 is 0 Å². The molecule has 3 nitrogen and oxygen atoms in total. The molecule has 112 valence electrons. The first-order valence-electron chi connectivity index (χ1n) is 6.96. The van der Waals surface area contributed by atoms with E-state index in [1.807, 2.05) is 13.7 Å². The lowest BCUT2D eigenvalue weighted by Crippen LogP contribution is -2.22. The number of hydrogen-bond donors (Lipinski definition) is 2. The number of hydrogen-bond acceptors (Lipinski definition) is 3. The summed E-state index contributed by atoms with van der Waals surface area (Å²) in [7, 11) is 0. The van der Waals surface area contributed by atoms with Gasteiger partial charge in [-0.15, -0.1) is 0 Å². The molecule has 0 aromatic rings. The quantitative estimate of drug-likeness (QED) is 0.771. The van der Waals surface area contributed by atoms with Gasteiger partial charge in [-0.25, -0.2) is 0 Å². The molecule has 4 atom stereocenters. The lowest BCUT2D eigenvalue weighted by atomic mass is 9.84. The van der Waals surface area contributed by atoms with Crippen molar-refractivity contribution < 1.29 is 9.90 Å². The SMILES string of the molecule is C=C(C)C1C=C[C@@H](C(C)O)[C@H]1C.C=O.CCCCN. The van der Waals surface area contributed by atoms with Gasteiger partial charge in [0.25, 0.3) is 0 Å². The molecule has 0 saturated carbocycles. The molecule has 0 heterocycles. The first-order chi connectivity index (χ1) is 8.95. The van der Waals surface area contributed by atoms with Gasteiger partial charge in [-0.1, -0.05) is 44.6 Å². The summed E-state index contributed by atoms with van der Waals surface area (Å²) in [6, 6.07) is 0. The molecule has 0 spiro atoms. The summed E-state index contributed by atoms with van der Waals surface area (Å²) >= 11 is 0. The summed E-state index contributed by atoms with van der Waals surface area (Å²) < 4.78 is 0. The Labute approximate surface area is 118 Å². The van der Waals surface area contributed by atoms with Gasteiger partial charge in [0.05, 0.1) is 6.10 Å².